The molecule has 3 aromatic carbocycles. The SMILES string of the molecule is CC(c1nc2cccc(C(F)(F)F)c2nc1-c1ccccc1Cl)N1C(=O)c2ccccc2C1O. The van der Waals surface area contributed by atoms with Gasteiger partial charge in [0.25, 0.3) is 5.91 Å². The molecular formula is C25H17ClF3N3O2. The maximum absolute atomic E-state index is 13.7. The van der Waals surface area contributed by atoms with Crippen molar-refractivity contribution in [3.8, 4) is 11.3 Å². The van der Waals surface area contributed by atoms with Gasteiger partial charge in [-0.15, -0.1) is 0 Å². The molecule has 0 fully saturated rings. The summed E-state index contributed by atoms with van der Waals surface area (Å²) in [5.41, 5.74) is 0.286. The van der Waals surface area contributed by atoms with Crippen LogP contribution in [0.15, 0.2) is 66.7 Å². The summed E-state index contributed by atoms with van der Waals surface area (Å²) >= 11 is 6.39. The average molecular weight is 484 g/mol. The largest absolute Gasteiger partial charge is 0.418 e. The molecule has 0 spiro atoms. The zero-order valence-corrected chi connectivity index (χ0v) is 18.5. The molecule has 5 nitrogen and oxygen atoms in total. The standard InChI is InChI=1S/C25H17ClF3N3O2/c1-13(32-23(33)14-7-2-3-8-15(14)24(32)34)20-21(16-9-4-5-11-18(16)26)31-22-17(25(27,28)29)10-6-12-19(22)30-20/h2-13,23,33H,1H3. The first kappa shape index (κ1) is 22.3. The summed E-state index contributed by atoms with van der Waals surface area (Å²) in [6.07, 6.45) is -5.88. The van der Waals surface area contributed by atoms with Gasteiger partial charge < -0.3 is 10.0 Å². The molecule has 0 saturated carbocycles. The predicted molar refractivity (Wildman–Crippen MR) is 121 cm³/mol. The Morgan fingerprint density at radius 1 is 0.971 bits per heavy atom. The molecule has 0 saturated heterocycles. The minimum Gasteiger partial charge on any atom is -0.369 e. The van der Waals surface area contributed by atoms with Crippen molar-refractivity contribution in [3.05, 3.63) is 94.1 Å². The van der Waals surface area contributed by atoms with Crippen LogP contribution in [0.25, 0.3) is 22.3 Å². The van der Waals surface area contributed by atoms with Crippen LogP contribution in [0, 0.1) is 0 Å². The summed E-state index contributed by atoms with van der Waals surface area (Å²) in [5.74, 6) is -0.411. The van der Waals surface area contributed by atoms with Crippen molar-refractivity contribution in [2.24, 2.45) is 0 Å². The fourth-order valence-corrected chi connectivity index (χ4v) is 4.52. The minimum absolute atomic E-state index is 0.0196. The van der Waals surface area contributed by atoms with E-state index < -0.39 is 29.9 Å². The normalized spacial score (nSPS) is 16.7. The van der Waals surface area contributed by atoms with Crippen LogP contribution in [-0.2, 0) is 6.18 Å². The topological polar surface area (TPSA) is 66.3 Å². The number of benzene rings is 3. The second kappa shape index (κ2) is 8.07. The lowest BCUT2D eigenvalue weighted by atomic mass is 10.0. The van der Waals surface area contributed by atoms with Crippen molar-refractivity contribution in [1.82, 2.24) is 14.9 Å². The third kappa shape index (κ3) is 3.50. The monoisotopic (exact) mass is 483 g/mol. The first-order chi connectivity index (χ1) is 16.2. The second-order valence-corrected chi connectivity index (χ2v) is 8.36. The summed E-state index contributed by atoms with van der Waals surface area (Å²) < 4.78 is 41.1. The molecule has 0 bridgehead atoms. The molecule has 5 rings (SSSR count). The van der Waals surface area contributed by atoms with E-state index in [-0.39, 0.29) is 27.4 Å². The highest BCUT2D eigenvalue weighted by Gasteiger charge is 2.40. The summed E-state index contributed by atoms with van der Waals surface area (Å²) in [4.78, 5) is 23.3. The van der Waals surface area contributed by atoms with Gasteiger partial charge in [0, 0.05) is 16.7 Å². The zero-order valence-electron chi connectivity index (χ0n) is 17.7. The van der Waals surface area contributed by atoms with Crippen LogP contribution in [0.3, 0.4) is 0 Å². The van der Waals surface area contributed by atoms with Gasteiger partial charge in [0.2, 0.25) is 0 Å². The molecule has 172 valence electrons. The maximum atomic E-state index is 13.7. The van der Waals surface area contributed by atoms with Crippen LogP contribution in [-0.4, -0.2) is 25.9 Å². The number of amides is 1. The van der Waals surface area contributed by atoms with Crippen molar-refractivity contribution in [2.45, 2.75) is 25.4 Å². The third-order valence-corrected chi connectivity index (χ3v) is 6.27. The van der Waals surface area contributed by atoms with Crippen molar-refractivity contribution in [1.29, 1.82) is 0 Å². The number of para-hydroxylation sites is 1. The number of rotatable bonds is 3. The van der Waals surface area contributed by atoms with E-state index in [9.17, 15) is 23.1 Å². The molecule has 0 radical (unpaired) electrons. The molecule has 1 aliphatic rings. The van der Waals surface area contributed by atoms with Crippen LogP contribution < -0.4 is 0 Å². The van der Waals surface area contributed by atoms with E-state index >= 15 is 0 Å². The van der Waals surface area contributed by atoms with Crippen LogP contribution in [0.4, 0.5) is 13.2 Å². The number of fused-ring (bicyclic) bond motifs is 2. The number of nitrogens with zero attached hydrogens (tertiary/aromatic N) is 3. The number of aliphatic hydroxyl groups is 1. The number of hydrogen-bond donors (Lipinski definition) is 1. The summed E-state index contributed by atoms with van der Waals surface area (Å²) in [5, 5.41) is 11.2. The predicted octanol–water partition coefficient (Wildman–Crippen LogP) is 6.18. The maximum Gasteiger partial charge on any atom is 0.418 e. The van der Waals surface area contributed by atoms with Crippen molar-refractivity contribution in [2.75, 3.05) is 0 Å². The van der Waals surface area contributed by atoms with Crippen molar-refractivity contribution >= 4 is 28.5 Å². The van der Waals surface area contributed by atoms with E-state index in [1.54, 1.807) is 55.5 Å². The van der Waals surface area contributed by atoms with Gasteiger partial charge in [0.05, 0.1) is 33.5 Å². The van der Waals surface area contributed by atoms with Crippen molar-refractivity contribution < 1.29 is 23.1 Å². The lowest BCUT2D eigenvalue weighted by Crippen LogP contribution is -2.32. The van der Waals surface area contributed by atoms with Gasteiger partial charge in [-0.2, -0.15) is 13.2 Å². The van der Waals surface area contributed by atoms with Gasteiger partial charge in [-0.1, -0.05) is 54.1 Å². The van der Waals surface area contributed by atoms with Gasteiger partial charge in [-0.3, -0.25) is 4.79 Å². The lowest BCUT2D eigenvalue weighted by molar-refractivity contribution is -0.136. The highest BCUT2D eigenvalue weighted by molar-refractivity contribution is 6.33. The van der Waals surface area contributed by atoms with Crippen LogP contribution >= 0.6 is 11.6 Å². The minimum atomic E-state index is -4.64. The molecular weight excluding hydrogens is 467 g/mol. The molecule has 2 unspecified atom stereocenters. The van der Waals surface area contributed by atoms with E-state index in [1.165, 1.54) is 17.0 Å². The Kier molecular flexibility index (Phi) is 5.30. The first-order valence-electron chi connectivity index (χ1n) is 10.4. The van der Waals surface area contributed by atoms with Gasteiger partial charge in [0.1, 0.15) is 5.52 Å². The first-order valence-corrected chi connectivity index (χ1v) is 10.8. The highest BCUT2D eigenvalue weighted by Crippen LogP contribution is 2.42. The Labute approximate surface area is 197 Å². The van der Waals surface area contributed by atoms with E-state index in [4.69, 9.17) is 11.6 Å². The highest BCUT2D eigenvalue weighted by atomic mass is 35.5. The number of hydrogen-bond acceptors (Lipinski definition) is 4. The number of alkyl halides is 3. The smallest absolute Gasteiger partial charge is 0.369 e. The Morgan fingerprint density at radius 3 is 2.32 bits per heavy atom. The quantitative estimate of drug-likeness (QED) is 0.378. The van der Waals surface area contributed by atoms with Crippen LogP contribution in [0.2, 0.25) is 5.02 Å². The number of aliphatic hydroxyl groups excluding tert-OH is 1. The molecule has 2 heterocycles. The molecule has 1 N–H and O–H groups in total. The van der Waals surface area contributed by atoms with E-state index in [2.05, 4.69) is 9.97 Å². The molecule has 34 heavy (non-hydrogen) atoms. The van der Waals surface area contributed by atoms with Gasteiger partial charge >= 0.3 is 6.18 Å². The lowest BCUT2D eigenvalue weighted by Gasteiger charge is -2.29. The molecule has 1 amide bonds. The summed E-state index contributed by atoms with van der Waals surface area (Å²) in [7, 11) is 0. The second-order valence-electron chi connectivity index (χ2n) is 7.96. The number of carbonyl (C=O) groups excluding carboxylic acids is 1. The van der Waals surface area contributed by atoms with Crippen molar-refractivity contribution in [3.63, 3.8) is 0 Å². The molecule has 9 heteroatoms. The average Bonchev–Trinajstić information content (AvgIpc) is 3.07. The van der Waals surface area contributed by atoms with E-state index in [0.717, 1.165) is 6.07 Å². The number of carbonyl (C=O) groups is 1. The van der Waals surface area contributed by atoms with Crippen LogP contribution in [0.1, 0.15) is 46.4 Å². The molecule has 0 aliphatic carbocycles. The Morgan fingerprint density at radius 2 is 1.65 bits per heavy atom. The fourth-order valence-electron chi connectivity index (χ4n) is 4.30. The fraction of sp³-hybridized carbons (Fsp3) is 0.160. The van der Waals surface area contributed by atoms with E-state index in [0.29, 0.717) is 16.7 Å². The molecule has 4 aromatic rings. The molecule has 1 aromatic heterocycles. The summed E-state index contributed by atoms with van der Waals surface area (Å²) in [6.45, 7) is 1.65. The van der Waals surface area contributed by atoms with Crippen LogP contribution in [0.5, 0.6) is 0 Å². The molecule has 1 aliphatic heterocycles. The van der Waals surface area contributed by atoms with Gasteiger partial charge in [0.15, 0.2) is 6.23 Å². The number of aromatic nitrogens is 2. The Balaban J connectivity index is 1.74. The third-order valence-electron chi connectivity index (χ3n) is 5.94. The summed E-state index contributed by atoms with van der Waals surface area (Å²) in [6, 6.07) is 16.1. The Bertz CT molecular complexity index is 1440. The zero-order chi connectivity index (χ0) is 24.2. The van der Waals surface area contributed by atoms with E-state index in [1.807, 2.05) is 0 Å². The van der Waals surface area contributed by atoms with Gasteiger partial charge in [-0.05, 0) is 31.2 Å². The number of halogens is 4. The Hall–Kier alpha value is -3.49. The van der Waals surface area contributed by atoms with Gasteiger partial charge in [-0.25, -0.2) is 9.97 Å². The molecule has 2 atom stereocenters.